The number of hydrogen-bond acceptors (Lipinski definition) is 3. The zero-order valence-corrected chi connectivity index (χ0v) is 13.2. The molecule has 2 heterocycles. The predicted octanol–water partition coefficient (Wildman–Crippen LogP) is 2.65. The van der Waals surface area contributed by atoms with Crippen molar-refractivity contribution in [1.82, 2.24) is 10.2 Å². The third kappa shape index (κ3) is 3.80. The molecule has 1 aromatic rings. The van der Waals surface area contributed by atoms with E-state index in [0.717, 1.165) is 24.0 Å². The molecular formula is C13H19BrN2OS. The average molecular weight is 331 g/mol. The van der Waals surface area contributed by atoms with Gasteiger partial charge in [0.15, 0.2) is 0 Å². The first-order valence-corrected chi connectivity index (χ1v) is 7.98. The van der Waals surface area contributed by atoms with E-state index in [4.69, 9.17) is 0 Å². The molecule has 0 spiro atoms. The highest BCUT2D eigenvalue weighted by Crippen LogP contribution is 2.21. The first-order chi connectivity index (χ1) is 8.54. The first-order valence-electron chi connectivity index (χ1n) is 6.31. The van der Waals surface area contributed by atoms with Gasteiger partial charge in [0.2, 0.25) is 5.91 Å². The van der Waals surface area contributed by atoms with Crippen molar-refractivity contribution in [2.24, 2.45) is 0 Å². The molecule has 1 fully saturated rings. The zero-order valence-electron chi connectivity index (χ0n) is 10.8. The van der Waals surface area contributed by atoms with Crippen molar-refractivity contribution < 1.29 is 4.79 Å². The van der Waals surface area contributed by atoms with Gasteiger partial charge in [0, 0.05) is 46.3 Å². The Hall–Kier alpha value is -0.390. The van der Waals surface area contributed by atoms with E-state index >= 15 is 0 Å². The number of rotatable bonds is 3. The number of aryl methyl sites for hydroxylation is 1. The van der Waals surface area contributed by atoms with Crippen LogP contribution in [-0.4, -0.2) is 36.0 Å². The lowest BCUT2D eigenvalue weighted by Crippen LogP contribution is -2.55. The number of halogens is 1. The molecule has 0 aromatic carbocycles. The largest absolute Gasteiger partial charge is 0.340 e. The number of nitrogens with one attached hydrogen (secondary N) is 1. The molecule has 0 aliphatic carbocycles. The first kappa shape index (κ1) is 14.0. The number of piperazine rings is 1. The zero-order chi connectivity index (χ0) is 13.1. The number of carbonyl (C=O) groups is 1. The molecule has 1 aliphatic rings. The van der Waals surface area contributed by atoms with Gasteiger partial charge < -0.3 is 10.2 Å². The monoisotopic (exact) mass is 330 g/mol. The molecule has 0 bridgehead atoms. The summed E-state index contributed by atoms with van der Waals surface area (Å²) in [7, 11) is 0. The molecule has 5 heteroatoms. The lowest BCUT2D eigenvalue weighted by Gasteiger charge is -2.36. The molecule has 1 amide bonds. The smallest absolute Gasteiger partial charge is 0.223 e. The maximum atomic E-state index is 12.2. The van der Waals surface area contributed by atoms with Crippen molar-refractivity contribution in [3.8, 4) is 0 Å². The van der Waals surface area contributed by atoms with Crippen LogP contribution in [0.1, 0.15) is 25.1 Å². The van der Waals surface area contributed by atoms with Crippen molar-refractivity contribution in [3.63, 3.8) is 0 Å². The van der Waals surface area contributed by atoms with Crippen LogP contribution >= 0.6 is 27.3 Å². The van der Waals surface area contributed by atoms with Gasteiger partial charge in [-0.15, -0.1) is 11.3 Å². The van der Waals surface area contributed by atoms with E-state index in [9.17, 15) is 4.79 Å². The molecule has 0 saturated carbocycles. The highest BCUT2D eigenvalue weighted by atomic mass is 79.9. The fourth-order valence-corrected chi connectivity index (χ4v) is 3.86. The summed E-state index contributed by atoms with van der Waals surface area (Å²) >= 11 is 5.15. The molecule has 1 aromatic heterocycles. The maximum absolute atomic E-state index is 12.2. The number of thiophene rings is 1. The summed E-state index contributed by atoms with van der Waals surface area (Å²) in [6.45, 7) is 5.92. The average Bonchev–Trinajstić information content (AvgIpc) is 2.70. The van der Waals surface area contributed by atoms with Crippen molar-refractivity contribution in [2.45, 2.75) is 38.8 Å². The molecule has 1 saturated heterocycles. The third-order valence-corrected chi connectivity index (χ3v) is 4.87. The SMILES string of the molecule is C[C@@H]1CN(C(=O)CCc2cc(Br)cs2)C[C@@H](C)N1. The Balaban J connectivity index is 1.84. The molecule has 0 radical (unpaired) electrons. The minimum Gasteiger partial charge on any atom is -0.340 e. The molecule has 100 valence electrons. The Bertz CT molecular complexity index is 411. The van der Waals surface area contributed by atoms with Gasteiger partial charge in [-0.3, -0.25) is 4.79 Å². The summed E-state index contributed by atoms with van der Waals surface area (Å²) in [6.07, 6.45) is 1.47. The van der Waals surface area contributed by atoms with Gasteiger partial charge in [0.1, 0.15) is 0 Å². The van der Waals surface area contributed by atoms with Gasteiger partial charge in [0.25, 0.3) is 0 Å². The molecule has 18 heavy (non-hydrogen) atoms. The number of amides is 1. The Labute approximate surface area is 121 Å². The van der Waals surface area contributed by atoms with Gasteiger partial charge in [-0.25, -0.2) is 0 Å². The van der Waals surface area contributed by atoms with Crippen LogP contribution in [0.3, 0.4) is 0 Å². The van der Waals surface area contributed by atoms with Gasteiger partial charge in [-0.2, -0.15) is 0 Å². The topological polar surface area (TPSA) is 32.3 Å². The Kier molecular flexibility index (Phi) is 4.81. The molecular weight excluding hydrogens is 312 g/mol. The van der Waals surface area contributed by atoms with E-state index in [2.05, 4.69) is 46.5 Å². The molecule has 1 aliphatic heterocycles. The van der Waals surface area contributed by atoms with Crippen LogP contribution in [-0.2, 0) is 11.2 Å². The van der Waals surface area contributed by atoms with E-state index in [1.165, 1.54) is 4.88 Å². The van der Waals surface area contributed by atoms with E-state index < -0.39 is 0 Å². The van der Waals surface area contributed by atoms with Crippen LogP contribution in [0.2, 0.25) is 0 Å². The Morgan fingerprint density at radius 1 is 1.50 bits per heavy atom. The quantitative estimate of drug-likeness (QED) is 0.924. The van der Waals surface area contributed by atoms with E-state index in [1.807, 2.05) is 4.90 Å². The summed E-state index contributed by atoms with van der Waals surface area (Å²) in [6, 6.07) is 2.89. The lowest BCUT2D eigenvalue weighted by atomic mass is 10.1. The minimum atomic E-state index is 0.278. The summed E-state index contributed by atoms with van der Waals surface area (Å²) < 4.78 is 1.11. The van der Waals surface area contributed by atoms with Crippen LogP contribution in [0.15, 0.2) is 15.9 Å². The number of hydrogen-bond donors (Lipinski definition) is 1. The van der Waals surface area contributed by atoms with Crippen LogP contribution in [0.25, 0.3) is 0 Å². The second-order valence-corrected chi connectivity index (χ2v) is 6.91. The van der Waals surface area contributed by atoms with Crippen LogP contribution < -0.4 is 5.32 Å². The highest BCUT2D eigenvalue weighted by Gasteiger charge is 2.24. The predicted molar refractivity (Wildman–Crippen MR) is 79.0 cm³/mol. The normalized spacial score (nSPS) is 24.3. The Morgan fingerprint density at radius 3 is 2.72 bits per heavy atom. The second-order valence-electron chi connectivity index (χ2n) is 5.00. The lowest BCUT2D eigenvalue weighted by molar-refractivity contribution is -0.132. The summed E-state index contributed by atoms with van der Waals surface area (Å²) in [5.74, 6) is 0.278. The van der Waals surface area contributed by atoms with Crippen LogP contribution in [0, 0.1) is 0 Å². The molecule has 0 unspecified atom stereocenters. The van der Waals surface area contributed by atoms with E-state index in [0.29, 0.717) is 18.5 Å². The van der Waals surface area contributed by atoms with Gasteiger partial charge >= 0.3 is 0 Å². The summed E-state index contributed by atoms with van der Waals surface area (Å²) in [5, 5.41) is 5.51. The van der Waals surface area contributed by atoms with E-state index in [-0.39, 0.29) is 5.91 Å². The van der Waals surface area contributed by atoms with Gasteiger partial charge in [0.05, 0.1) is 0 Å². The van der Waals surface area contributed by atoms with Gasteiger partial charge in [-0.1, -0.05) is 0 Å². The van der Waals surface area contributed by atoms with Gasteiger partial charge in [-0.05, 0) is 42.3 Å². The van der Waals surface area contributed by atoms with Crippen molar-refractivity contribution >= 4 is 33.2 Å². The second kappa shape index (κ2) is 6.17. The van der Waals surface area contributed by atoms with Crippen LogP contribution in [0.5, 0.6) is 0 Å². The van der Waals surface area contributed by atoms with Crippen molar-refractivity contribution in [1.29, 1.82) is 0 Å². The molecule has 3 nitrogen and oxygen atoms in total. The molecule has 2 atom stereocenters. The molecule has 1 N–H and O–H groups in total. The van der Waals surface area contributed by atoms with Crippen LogP contribution in [0.4, 0.5) is 0 Å². The Morgan fingerprint density at radius 2 is 2.17 bits per heavy atom. The minimum absolute atomic E-state index is 0.278. The van der Waals surface area contributed by atoms with E-state index in [1.54, 1.807) is 11.3 Å². The number of nitrogens with zero attached hydrogens (tertiary/aromatic N) is 1. The summed E-state index contributed by atoms with van der Waals surface area (Å²) in [4.78, 5) is 15.4. The van der Waals surface area contributed by atoms with Crippen molar-refractivity contribution in [2.75, 3.05) is 13.1 Å². The third-order valence-electron chi connectivity index (χ3n) is 3.12. The fourth-order valence-electron chi connectivity index (χ4n) is 2.40. The highest BCUT2D eigenvalue weighted by molar-refractivity contribution is 9.10. The summed E-state index contributed by atoms with van der Waals surface area (Å²) in [5.41, 5.74) is 0. The number of carbonyl (C=O) groups excluding carboxylic acids is 1. The standard InChI is InChI=1S/C13H19BrN2OS/c1-9-6-16(7-10(2)15-9)13(17)4-3-12-5-11(14)8-18-12/h5,8-10,15H,3-4,6-7H2,1-2H3/t9-,10-/m1/s1. The maximum Gasteiger partial charge on any atom is 0.223 e. The fraction of sp³-hybridized carbons (Fsp3) is 0.615. The molecule has 2 rings (SSSR count). The van der Waals surface area contributed by atoms with Crippen molar-refractivity contribution in [3.05, 3.63) is 20.8 Å².